The van der Waals surface area contributed by atoms with Crippen LogP contribution in [0.4, 0.5) is 0 Å². The molecule has 2 fully saturated rings. The molecule has 0 radical (unpaired) electrons. The summed E-state index contributed by atoms with van der Waals surface area (Å²) in [7, 11) is 0. The van der Waals surface area contributed by atoms with Gasteiger partial charge >= 0.3 is 0 Å². The smallest absolute Gasteiger partial charge is 0.140 e. The largest absolute Gasteiger partial charge is 0.299 e. The van der Waals surface area contributed by atoms with E-state index in [-0.39, 0.29) is 23.9 Å². The quantitative estimate of drug-likeness (QED) is 0.729. The van der Waals surface area contributed by atoms with Gasteiger partial charge < -0.3 is 0 Å². The number of ketones is 2. The summed E-state index contributed by atoms with van der Waals surface area (Å²) >= 11 is 0. The molecule has 0 bridgehead atoms. The van der Waals surface area contributed by atoms with Crippen LogP contribution < -0.4 is 0 Å². The predicted octanol–water partition coefficient (Wildman–Crippen LogP) is 2.97. The molecule has 0 aliphatic heterocycles. The van der Waals surface area contributed by atoms with Crippen LogP contribution in [0, 0.1) is 0 Å². The van der Waals surface area contributed by atoms with E-state index in [0.29, 0.717) is 12.8 Å². The van der Waals surface area contributed by atoms with Crippen LogP contribution in [-0.2, 0) is 9.59 Å². The Balaban J connectivity index is 1.84. The lowest BCUT2D eigenvalue weighted by Gasteiger charge is -2.20. The Bertz CT molecular complexity index is 456. The van der Waals surface area contributed by atoms with Gasteiger partial charge in [0.25, 0.3) is 0 Å². The van der Waals surface area contributed by atoms with Gasteiger partial charge in [0.15, 0.2) is 0 Å². The fourth-order valence-electron chi connectivity index (χ4n) is 2.71. The van der Waals surface area contributed by atoms with Crippen LogP contribution >= 0.6 is 0 Å². The minimum atomic E-state index is 0.100. The van der Waals surface area contributed by atoms with Crippen molar-refractivity contribution < 1.29 is 9.59 Å². The Kier molecular flexibility index (Phi) is 2.58. The molecule has 1 aromatic rings. The van der Waals surface area contributed by atoms with Crippen molar-refractivity contribution in [3.05, 3.63) is 35.4 Å². The van der Waals surface area contributed by atoms with Gasteiger partial charge in [-0.3, -0.25) is 9.59 Å². The highest BCUT2D eigenvalue weighted by molar-refractivity contribution is 6.02. The Morgan fingerprint density at radius 1 is 0.882 bits per heavy atom. The topological polar surface area (TPSA) is 34.1 Å². The standard InChI is InChI=1S/C15H16O2/c16-14-7-13(8-15(17)9-14)12-3-1-2-11(6-12)10-4-5-10/h1-3,6,10,13H,4-5,7-9H2. The molecule has 2 aliphatic carbocycles. The van der Waals surface area contributed by atoms with Crippen molar-refractivity contribution in [2.75, 3.05) is 0 Å². The molecule has 0 unspecified atom stereocenters. The molecule has 0 amide bonds. The number of benzene rings is 1. The molecule has 17 heavy (non-hydrogen) atoms. The Hall–Kier alpha value is -1.44. The molecule has 3 rings (SSSR count). The highest BCUT2D eigenvalue weighted by atomic mass is 16.1. The highest BCUT2D eigenvalue weighted by Gasteiger charge is 2.28. The van der Waals surface area contributed by atoms with Crippen molar-refractivity contribution >= 4 is 11.6 Å². The van der Waals surface area contributed by atoms with Crippen molar-refractivity contribution in [1.29, 1.82) is 0 Å². The van der Waals surface area contributed by atoms with Gasteiger partial charge in [-0.15, -0.1) is 0 Å². The lowest BCUT2D eigenvalue weighted by Crippen LogP contribution is -2.21. The van der Waals surface area contributed by atoms with Crippen molar-refractivity contribution in [2.45, 2.75) is 43.9 Å². The first-order valence-corrected chi connectivity index (χ1v) is 6.35. The van der Waals surface area contributed by atoms with Crippen LogP contribution in [0.15, 0.2) is 24.3 Å². The zero-order chi connectivity index (χ0) is 11.8. The van der Waals surface area contributed by atoms with E-state index in [4.69, 9.17) is 0 Å². The Labute approximate surface area is 101 Å². The summed E-state index contributed by atoms with van der Waals surface area (Å²) in [5, 5.41) is 0. The third-order valence-electron chi connectivity index (χ3n) is 3.77. The van der Waals surface area contributed by atoms with Crippen LogP contribution in [0.2, 0.25) is 0 Å². The van der Waals surface area contributed by atoms with Crippen LogP contribution in [-0.4, -0.2) is 11.6 Å². The lowest BCUT2D eigenvalue weighted by molar-refractivity contribution is -0.130. The first kappa shape index (κ1) is 10.7. The summed E-state index contributed by atoms with van der Waals surface area (Å²) < 4.78 is 0. The molecule has 0 heterocycles. The fourth-order valence-corrected chi connectivity index (χ4v) is 2.71. The van der Waals surface area contributed by atoms with Crippen LogP contribution in [0.5, 0.6) is 0 Å². The van der Waals surface area contributed by atoms with Gasteiger partial charge in [-0.1, -0.05) is 24.3 Å². The normalized spacial score (nSPS) is 21.9. The summed E-state index contributed by atoms with van der Waals surface area (Å²) in [6, 6.07) is 8.48. The SMILES string of the molecule is O=C1CC(=O)CC(c2cccc(C3CC3)c2)C1. The van der Waals surface area contributed by atoms with Gasteiger partial charge in [-0.05, 0) is 35.8 Å². The van der Waals surface area contributed by atoms with Crippen LogP contribution in [0.3, 0.4) is 0 Å². The second-order valence-electron chi connectivity index (χ2n) is 5.30. The van der Waals surface area contributed by atoms with E-state index in [9.17, 15) is 9.59 Å². The molecule has 1 aromatic carbocycles. The number of carbonyl (C=O) groups excluding carboxylic acids is 2. The molecule has 0 N–H and O–H groups in total. The Morgan fingerprint density at radius 3 is 2.06 bits per heavy atom. The number of Topliss-reactive ketones (excluding diaryl/α,β-unsaturated/α-hetero) is 2. The molecular formula is C15H16O2. The average molecular weight is 228 g/mol. The second kappa shape index (κ2) is 4.10. The minimum absolute atomic E-state index is 0.100. The van der Waals surface area contributed by atoms with E-state index in [1.165, 1.54) is 24.0 Å². The van der Waals surface area contributed by atoms with E-state index in [0.717, 1.165) is 5.92 Å². The van der Waals surface area contributed by atoms with E-state index in [2.05, 4.69) is 24.3 Å². The van der Waals surface area contributed by atoms with Gasteiger partial charge in [0.2, 0.25) is 0 Å². The summed E-state index contributed by atoms with van der Waals surface area (Å²) in [6.45, 7) is 0. The number of rotatable bonds is 2. The maximum Gasteiger partial charge on any atom is 0.140 e. The molecule has 0 aromatic heterocycles. The average Bonchev–Trinajstić information content (AvgIpc) is 3.12. The molecule has 2 aliphatic rings. The first-order valence-electron chi connectivity index (χ1n) is 6.35. The summed E-state index contributed by atoms with van der Waals surface area (Å²) in [6.07, 6.45) is 3.80. The fraction of sp³-hybridized carbons (Fsp3) is 0.467. The lowest BCUT2D eigenvalue weighted by atomic mass is 9.82. The third-order valence-corrected chi connectivity index (χ3v) is 3.77. The van der Waals surface area contributed by atoms with Crippen LogP contribution in [0.1, 0.15) is 55.1 Å². The maximum atomic E-state index is 11.5. The first-order chi connectivity index (χ1) is 8.22. The van der Waals surface area contributed by atoms with E-state index in [1.54, 1.807) is 0 Å². The van der Waals surface area contributed by atoms with Gasteiger partial charge in [0, 0.05) is 12.8 Å². The monoisotopic (exact) mass is 228 g/mol. The molecular weight excluding hydrogens is 212 g/mol. The summed E-state index contributed by atoms with van der Waals surface area (Å²) in [5.74, 6) is 1.05. The second-order valence-corrected chi connectivity index (χ2v) is 5.30. The van der Waals surface area contributed by atoms with Crippen molar-refractivity contribution in [3.8, 4) is 0 Å². The van der Waals surface area contributed by atoms with Crippen molar-refractivity contribution in [2.24, 2.45) is 0 Å². The highest BCUT2D eigenvalue weighted by Crippen LogP contribution is 2.41. The summed E-state index contributed by atoms with van der Waals surface area (Å²) in [5.41, 5.74) is 2.56. The minimum Gasteiger partial charge on any atom is -0.299 e. The van der Waals surface area contributed by atoms with Crippen molar-refractivity contribution in [1.82, 2.24) is 0 Å². The van der Waals surface area contributed by atoms with E-state index in [1.807, 2.05) is 0 Å². The zero-order valence-corrected chi connectivity index (χ0v) is 9.82. The number of hydrogen-bond acceptors (Lipinski definition) is 2. The molecule has 88 valence electrons. The maximum absolute atomic E-state index is 11.5. The van der Waals surface area contributed by atoms with Crippen LogP contribution in [0.25, 0.3) is 0 Å². The molecule has 0 atom stereocenters. The van der Waals surface area contributed by atoms with Gasteiger partial charge in [0.1, 0.15) is 11.6 Å². The molecule has 2 saturated carbocycles. The molecule has 0 spiro atoms. The predicted molar refractivity (Wildman–Crippen MR) is 65.0 cm³/mol. The molecule has 2 nitrogen and oxygen atoms in total. The van der Waals surface area contributed by atoms with E-state index < -0.39 is 0 Å². The Morgan fingerprint density at radius 2 is 1.47 bits per heavy atom. The van der Waals surface area contributed by atoms with Gasteiger partial charge in [-0.25, -0.2) is 0 Å². The summed E-state index contributed by atoms with van der Waals surface area (Å²) in [4.78, 5) is 22.9. The zero-order valence-electron chi connectivity index (χ0n) is 9.82. The molecule has 2 heteroatoms. The van der Waals surface area contributed by atoms with Gasteiger partial charge in [-0.2, -0.15) is 0 Å². The number of hydrogen-bond donors (Lipinski definition) is 0. The van der Waals surface area contributed by atoms with E-state index >= 15 is 0 Å². The molecule has 0 saturated heterocycles. The number of carbonyl (C=O) groups is 2. The van der Waals surface area contributed by atoms with Crippen molar-refractivity contribution in [3.63, 3.8) is 0 Å². The third kappa shape index (κ3) is 2.31. The van der Waals surface area contributed by atoms with Gasteiger partial charge in [0.05, 0.1) is 6.42 Å².